The van der Waals surface area contributed by atoms with Crippen molar-refractivity contribution in [3.05, 3.63) is 52.8 Å². The number of fused-ring (bicyclic) bond motifs is 1. The van der Waals surface area contributed by atoms with Crippen LogP contribution in [0.5, 0.6) is 0 Å². The lowest BCUT2D eigenvalue weighted by Crippen LogP contribution is -2.36. The monoisotopic (exact) mass is 336 g/mol. The van der Waals surface area contributed by atoms with Crippen molar-refractivity contribution in [2.24, 2.45) is 0 Å². The van der Waals surface area contributed by atoms with Gasteiger partial charge in [0, 0.05) is 12.5 Å². The molecule has 6 heteroatoms. The Morgan fingerprint density at radius 2 is 1.86 bits per heavy atom. The predicted octanol–water partition coefficient (Wildman–Crippen LogP) is 3.75. The van der Waals surface area contributed by atoms with Crippen LogP contribution < -0.4 is 4.31 Å². The zero-order valence-electron chi connectivity index (χ0n) is 12.5. The fourth-order valence-corrected chi connectivity index (χ4v) is 4.32. The average molecular weight is 337 g/mol. The molecule has 2 aromatic rings. The van der Waals surface area contributed by atoms with Gasteiger partial charge in [0.05, 0.1) is 16.3 Å². The summed E-state index contributed by atoms with van der Waals surface area (Å²) in [5, 5.41) is 0.389. The smallest absolute Gasteiger partial charge is 0.264 e. The summed E-state index contributed by atoms with van der Waals surface area (Å²) in [5.41, 5.74) is 2.40. The Morgan fingerprint density at radius 3 is 2.55 bits per heavy atom. The number of halogens is 1. The Balaban J connectivity index is 2.09. The minimum absolute atomic E-state index is 0.193. The summed E-state index contributed by atoms with van der Waals surface area (Å²) in [6, 6.07) is 10.3. The molecule has 1 aliphatic heterocycles. The third-order valence-corrected chi connectivity index (χ3v) is 6.02. The molecule has 4 nitrogen and oxygen atoms in total. The maximum atomic E-state index is 12.9. The van der Waals surface area contributed by atoms with Crippen LogP contribution >= 0.6 is 11.6 Å². The zero-order chi connectivity index (χ0) is 15.9. The molecule has 0 radical (unpaired) electrons. The number of pyridine rings is 1. The Hall–Kier alpha value is -1.59. The number of anilines is 1. The third kappa shape index (κ3) is 2.59. The minimum atomic E-state index is -3.58. The Labute approximate surface area is 135 Å². The van der Waals surface area contributed by atoms with E-state index < -0.39 is 10.0 Å². The highest BCUT2D eigenvalue weighted by Crippen LogP contribution is 2.37. The summed E-state index contributed by atoms with van der Waals surface area (Å²) < 4.78 is 27.3. The second kappa shape index (κ2) is 5.56. The highest BCUT2D eigenvalue weighted by atomic mass is 35.5. The molecule has 1 unspecified atom stereocenters. The van der Waals surface area contributed by atoms with Crippen molar-refractivity contribution in [3.63, 3.8) is 0 Å². The normalized spacial score (nSPS) is 18.1. The topological polar surface area (TPSA) is 50.3 Å². The second-order valence-corrected chi connectivity index (χ2v) is 7.87. The molecule has 22 heavy (non-hydrogen) atoms. The van der Waals surface area contributed by atoms with Gasteiger partial charge in [-0.15, -0.1) is 0 Å². The number of hydrogen-bond donors (Lipinski definition) is 0. The molecule has 0 spiro atoms. The molecule has 1 atom stereocenters. The maximum absolute atomic E-state index is 12.9. The van der Waals surface area contributed by atoms with Crippen LogP contribution in [0.2, 0.25) is 5.15 Å². The van der Waals surface area contributed by atoms with Crippen LogP contribution in [0.3, 0.4) is 0 Å². The van der Waals surface area contributed by atoms with Gasteiger partial charge >= 0.3 is 0 Å². The molecule has 1 aromatic heterocycles. The van der Waals surface area contributed by atoms with E-state index in [2.05, 4.69) is 4.98 Å². The standard InChI is InChI=1S/C16H17ClN2O2S/c1-11-3-5-13(6-4-11)22(20,21)19-10-9-12(2)16-14(19)7-8-15(17)18-16/h3-8,12H,9-10H2,1-2H3. The summed E-state index contributed by atoms with van der Waals surface area (Å²) in [7, 11) is -3.58. The molecule has 3 rings (SSSR count). The fraction of sp³-hybridized carbons (Fsp3) is 0.312. The zero-order valence-corrected chi connectivity index (χ0v) is 14.0. The molecule has 116 valence electrons. The van der Waals surface area contributed by atoms with E-state index in [0.717, 1.165) is 17.7 Å². The lowest BCUT2D eigenvalue weighted by Gasteiger charge is -2.32. The molecule has 0 saturated heterocycles. The average Bonchev–Trinajstić information content (AvgIpc) is 2.48. The molecule has 0 aliphatic carbocycles. The summed E-state index contributed by atoms with van der Waals surface area (Å²) >= 11 is 5.96. The number of rotatable bonds is 2. The van der Waals surface area contributed by atoms with Crippen molar-refractivity contribution in [3.8, 4) is 0 Å². The van der Waals surface area contributed by atoms with E-state index in [1.54, 1.807) is 36.4 Å². The fourth-order valence-electron chi connectivity index (χ4n) is 2.67. The summed E-state index contributed by atoms with van der Waals surface area (Å²) in [6.45, 7) is 4.42. The third-order valence-electron chi connectivity index (χ3n) is 3.98. The van der Waals surface area contributed by atoms with Gasteiger partial charge in [-0.2, -0.15) is 0 Å². The lowest BCUT2D eigenvalue weighted by molar-refractivity contribution is 0.575. The van der Waals surface area contributed by atoms with Gasteiger partial charge in [0.25, 0.3) is 10.0 Å². The lowest BCUT2D eigenvalue weighted by atomic mass is 9.98. The van der Waals surface area contributed by atoms with Crippen molar-refractivity contribution in [2.45, 2.75) is 31.1 Å². The Kier molecular flexibility index (Phi) is 3.87. The number of aromatic nitrogens is 1. The van der Waals surface area contributed by atoms with Gasteiger partial charge in [0.15, 0.2) is 0 Å². The van der Waals surface area contributed by atoms with Gasteiger partial charge in [-0.05, 0) is 37.6 Å². The van der Waals surface area contributed by atoms with Crippen molar-refractivity contribution in [1.29, 1.82) is 0 Å². The van der Waals surface area contributed by atoms with Crippen LogP contribution in [-0.4, -0.2) is 19.9 Å². The first-order valence-electron chi connectivity index (χ1n) is 7.15. The van der Waals surface area contributed by atoms with Gasteiger partial charge in [0.1, 0.15) is 5.15 Å². The molecule has 0 amide bonds. The van der Waals surface area contributed by atoms with Crippen molar-refractivity contribution < 1.29 is 8.42 Å². The van der Waals surface area contributed by atoms with Gasteiger partial charge in [-0.25, -0.2) is 13.4 Å². The van der Waals surface area contributed by atoms with E-state index >= 15 is 0 Å². The summed E-state index contributed by atoms with van der Waals surface area (Å²) in [4.78, 5) is 4.63. The van der Waals surface area contributed by atoms with Crippen LogP contribution in [-0.2, 0) is 10.0 Å². The molecule has 0 bridgehead atoms. The van der Waals surface area contributed by atoms with E-state index in [4.69, 9.17) is 11.6 Å². The highest BCUT2D eigenvalue weighted by Gasteiger charge is 2.32. The van der Waals surface area contributed by atoms with E-state index in [1.807, 2.05) is 13.8 Å². The number of sulfonamides is 1. The summed E-state index contributed by atoms with van der Waals surface area (Å²) in [6.07, 6.45) is 0.728. The van der Waals surface area contributed by atoms with Gasteiger partial charge in [-0.3, -0.25) is 4.31 Å². The molecular formula is C16H17ClN2O2S. The van der Waals surface area contributed by atoms with Crippen LogP contribution in [0.4, 0.5) is 5.69 Å². The molecule has 2 heterocycles. The van der Waals surface area contributed by atoms with Gasteiger partial charge < -0.3 is 0 Å². The highest BCUT2D eigenvalue weighted by molar-refractivity contribution is 7.92. The molecule has 0 saturated carbocycles. The van der Waals surface area contributed by atoms with Crippen LogP contribution in [0, 0.1) is 6.92 Å². The molecule has 1 aliphatic rings. The minimum Gasteiger partial charge on any atom is -0.264 e. The number of hydrogen-bond acceptors (Lipinski definition) is 3. The van der Waals surface area contributed by atoms with Crippen molar-refractivity contribution >= 4 is 27.3 Å². The quantitative estimate of drug-likeness (QED) is 0.785. The molecule has 0 N–H and O–H groups in total. The Bertz CT molecular complexity index is 803. The largest absolute Gasteiger partial charge is 0.264 e. The first-order chi connectivity index (χ1) is 10.4. The summed E-state index contributed by atoms with van der Waals surface area (Å²) in [5.74, 6) is 0.193. The molecule has 1 aromatic carbocycles. The first-order valence-corrected chi connectivity index (χ1v) is 8.97. The number of nitrogens with zero attached hydrogens (tertiary/aromatic N) is 2. The Morgan fingerprint density at radius 1 is 1.18 bits per heavy atom. The number of benzene rings is 1. The van der Waals surface area contributed by atoms with E-state index in [1.165, 1.54) is 4.31 Å². The molecule has 0 fully saturated rings. The van der Waals surface area contributed by atoms with Crippen LogP contribution in [0.25, 0.3) is 0 Å². The van der Waals surface area contributed by atoms with E-state index in [0.29, 0.717) is 22.3 Å². The second-order valence-electron chi connectivity index (χ2n) is 5.62. The van der Waals surface area contributed by atoms with E-state index in [9.17, 15) is 8.42 Å². The SMILES string of the molecule is Cc1ccc(S(=O)(=O)N2CCC(C)c3nc(Cl)ccc32)cc1. The predicted molar refractivity (Wildman–Crippen MR) is 88.0 cm³/mol. The van der Waals surface area contributed by atoms with Crippen LogP contribution in [0.15, 0.2) is 41.3 Å². The van der Waals surface area contributed by atoms with Gasteiger partial charge in [-0.1, -0.05) is 36.2 Å². The van der Waals surface area contributed by atoms with Crippen molar-refractivity contribution in [1.82, 2.24) is 4.98 Å². The maximum Gasteiger partial charge on any atom is 0.264 e. The van der Waals surface area contributed by atoms with Crippen molar-refractivity contribution in [2.75, 3.05) is 10.8 Å². The molecular weight excluding hydrogens is 320 g/mol. The van der Waals surface area contributed by atoms with Gasteiger partial charge in [0.2, 0.25) is 0 Å². The first kappa shape index (κ1) is 15.3. The number of aryl methyl sites for hydroxylation is 1. The van der Waals surface area contributed by atoms with Crippen LogP contribution in [0.1, 0.15) is 30.5 Å². The van der Waals surface area contributed by atoms with E-state index in [-0.39, 0.29) is 5.92 Å².